The molecule has 0 amide bonds. The number of aromatic amines is 1. The molecule has 1 N–H and O–H groups in total. The van der Waals surface area contributed by atoms with Crippen LogP contribution in [0.4, 0.5) is 0 Å². The predicted octanol–water partition coefficient (Wildman–Crippen LogP) is 1.57. The SMILES string of the molecule is CCc1nc(C)c(S)[nH]1. The Morgan fingerprint density at radius 2 is 2.33 bits per heavy atom. The lowest BCUT2D eigenvalue weighted by Crippen LogP contribution is -1.80. The van der Waals surface area contributed by atoms with Gasteiger partial charge in [0.2, 0.25) is 0 Å². The fourth-order valence-corrected chi connectivity index (χ4v) is 0.857. The van der Waals surface area contributed by atoms with Gasteiger partial charge in [-0.3, -0.25) is 0 Å². The van der Waals surface area contributed by atoms with E-state index >= 15 is 0 Å². The van der Waals surface area contributed by atoms with Gasteiger partial charge in [-0.05, 0) is 6.92 Å². The molecule has 0 spiro atoms. The van der Waals surface area contributed by atoms with E-state index in [2.05, 4.69) is 29.5 Å². The van der Waals surface area contributed by atoms with Crippen molar-refractivity contribution in [1.82, 2.24) is 9.97 Å². The number of nitrogens with one attached hydrogen (secondary N) is 1. The van der Waals surface area contributed by atoms with Crippen LogP contribution in [0.25, 0.3) is 0 Å². The van der Waals surface area contributed by atoms with Crippen LogP contribution in [-0.4, -0.2) is 9.97 Å². The normalized spacial score (nSPS) is 10.1. The fourth-order valence-electron chi connectivity index (χ4n) is 0.678. The minimum absolute atomic E-state index is 0.881. The number of imidazole rings is 1. The summed E-state index contributed by atoms with van der Waals surface area (Å²) >= 11 is 4.15. The van der Waals surface area contributed by atoms with Crippen LogP contribution in [0, 0.1) is 6.92 Å². The molecule has 50 valence electrons. The highest BCUT2D eigenvalue weighted by Crippen LogP contribution is 2.08. The molecule has 0 unspecified atom stereocenters. The van der Waals surface area contributed by atoms with Gasteiger partial charge < -0.3 is 4.98 Å². The van der Waals surface area contributed by atoms with E-state index in [9.17, 15) is 0 Å². The van der Waals surface area contributed by atoms with Gasteiger partial charge in [-0.1, -0.05) is 6.92 Å². The first kappa shape index (κ1) is 6.68. The van der Waals surface area contributed by atoms with Gasteiger partial charge in [-0.15, -0.1) is 12.6 Å². The maximum Gasteiger partial charge on any atom is 0.106 e. The minimum Gasteiger partial charge on any atom is -0.337 e. The molecular weight excluding hydrogens is 132 g/mol. The lowest BCUT2D eigenvalue weighted by atomic mass is 10.5. The molecule has 1 aromatic heterocycles. The molecule has 3 heteroatoms. The standard InChI is InChI=1S/C6H10N2S/c1-3-5-7-4(2)6(9)8-5/h9H,3H2,1-2H3,(H,7,8). The van der Waals surface area contributed by atoms with Crippen molar-refractivity contribution < 1.29 is 0 Å². The van der Waals surface area contributed by atoms with E-state index < -0.39 is 0 Å². The van der Waals surface area contributed by atoms with Crippen molar-refractivity contribution >= 4 is 12.6 Å². The Balaban J connectivity index is 2.98. The number of nitrogens with zero attached hydrogens (tertiary/aromatic N) is 1. The van der Waals surface area contributed by atoms with Crippen LogP contribution in [-0.2, 0) is 6.42 Å². The van der Waals surface area contributed by atoms with Gasteiger partial charge in [-0.2, -0.15) is 0 Å². The molecule has 9 heavy (non-hydrogen) atoms. The molecule has 0 aromatic carbocycles. The van der Waals surface area contributed by atoms with Gasteiger partial charge in [0.05, 0.1) is 10.7 Å². The van der Waals surface area contributed by atoms with E-state index in [1.165, 1.54) is 0 Å². The summed E-state index contributed by atoms with van der Waals surface area (Å²) < 4.78 is 0. The smallest absolute Gasteiger partial charge is 0.106 e. The highest BCUT2D eigenvalue weighted by Gasteiger charge is 1.98. The highest BCUT2D eigenvalue weighted by molar-refractivity contribution is 7.80. The summed E-state index contributed by atoms with van der Waals surface area (Å²) in [6, 6.07) is 0. The number of H-pyrrole nitrogens is 1. The third-order valence-electron chi connectivity index (χ3n) is 1.24. The predicted molar refractivity (Wildman–Crippen MR) is 40.0 cm³/mol. The van der Waals surface area contributed by atoms with E-state index in [-0.39, 0.29) is 0 Å². The summed E-state index contributed by atoms with van der Waals surface area (Å²) in [5.74, 6) is 1.01. The van der Waals surface area contributed by atoms with Crippen molar-refractivity contribution in [3.8, 4) is 0 Å². The van der Waals surface area contributed by atoms with Crippen molar-refractivity contribution in [2.75, 3.05) is 0 Å². The Kier molecular flexibility index (Phi) is 1.81. The topological polar surface area (TPSA) is 28.7 Å². The van der Waals surface area contributed by atoms with Gasteiger partial charge in [0, 0.05) is 6.42 Å². The van der Waals surface area contributed by atoms with E-state index in [4.69, 9.17) is 0 Å². The summed E-state index contributed by atoms with van der Waals surface area (Å²) in [5, 5.41) is 0.881. The molecule has 0 saturated carbocycles. The first-order valence-corrected chi connectivity index (χ1v) is 3.43. The second kappa shape index (κ2) is 2.43. The van der Waals surface area contributed by atoms with Gasteiger partial charge in [0.15, 0.2) is 0 Å². The number of hydrogen-bond donors (Lipinski definition) is 2. The molecule has 1 rings (SSSR count). The average molecular weight is 142 g/mol. The van der Waals surface area contributed by atoms with Gasteiger partial charge in [0.25, 0.3) is 0 Å². The molecule has 0 saturated heterocycles. The van der Waals surface area contributed by atoms with Crippen molar-refractivity contribution in [3.05, 3.63) is 11.5 Å². The maximum atomic E-state index is 4.20. The number of aromatic nitrogens is 2. The van der Waals surface area contributed by atoms with Crippen molar-refractivity contribution in [3.63, 3.8) is 0 Å². The van der Waals surface area contributed by atoms with Gasteiger partial charge in [-0.25, -0.2) is 4.98 Å². The van der Waals surface area contributed by atoms with Crippen molar-refractivity contribution in [1.29, 1.82) is 0 Å². The number of rotatable bonds is 1. The number of thiol groups is 1. The number of hydrogen-bond acceptors (Lipinski definition) is 2. The molecular formula is C6H10N2S. The van der Waals surface area contributed by atoms with Gasteiger partial charge >= 0.3 is 0 Å². The lowest BCUT2D eigenvalue weighted by molar-refractivity contribution is 0.970. The van der Waals surface area contributed by atoms with Crippen molar-refractivity contribution in [2.45, 2.75) is 25.3 Å². The molecule has 1 heterocycles. The van der Waals surface area contributed by atoms with Crippen LogP contribution < -0.4 is 0 Å². The Morgan fingerprint density at radius 1 is 1.67 bits per heavy atom. The summed E-state index contributed by atoms with van der Waals surface area (Å²) in [5.41, 5.74) is 0.982. The highest BCUT2D eigenvalue weighted by atomic mass is 32.1. The molecule has 0 aliphatic rings. The van der Waals surface area contributed by atoms with Crippen LogP contribution >= 0.6 is 12.6 Å². The molecule has 0 atom stereocenters. The van der Waals surface area contributed by atoms with Crippen LogP contribution in [0.5, 0.6) is 0 Å². The number of aryl methyl sites for hydroxylation is 2. The van der Waals surface area contributed by atoms with E-state index in [0.29, 0.717) is 0 Å². The quantitative estimate of drug-likeness (QED) is 0.572. The summed E-state index contributed by atoms with van der Waals surface area (Å²) in [4.78, 5) is 7.24. The van der Waals surface area contributed by atoms with E-state index in [1.807, 2.05) is 6.92 Å². The zero-order valence-electron chi connectivity index (χ0n) is 5.60. The summed E-state index contributed by atoms with van der Waals surface area (Å²) in [6.07, 6.45) is 0.946. The summed E-state index contributed by atoms with van der Waals surface area (Å²) in [7, 11) is 0. The maximum absolute atomic E-state index is 4.20. The zero-order valence-corrected chi connectivity index (χ0v) is 6.50. The Morgan fingerprint density at radius 3 is 2.56 bits per heavy atom. The van der Waals surface area contributed by atoms with E-state index in [0.717, 1.165) is 23.0 Å². The fraction of sp³-hybridized carbons (Fsp3) is 0.500. The second-order valence-corrected chi connectivity index (χ2v) is 2.42. The van der Waals surface area contributed by atoms with Crippen molar-refractivity contribution in [2.24, 2.45) is 0 Å². The Bertz CT molecular complexity index is 185. The lowest BCUT2D eigenvalue weighted by Gasteiger charge is -1.81. The molecule has 0 aliphatic carbocycles. The van der Waals surface area contributed by atoms with Gasteiger partial charge in [0.1, 0.15) is 5.82 Å². The largest absolute Gasteiger partial charge is 0.337 e. The minimum atomic E-state index is 0.881. The third-order valence-corrected chi connectivity index (χ3v) is 1.68. The van der Waals surface area contributed by atoms with E-state index in [1.54, 1.807) is 0 Å². The first-order chi connectivity index (χ1) is 4.24. The third kappa shape index (κ3) is 1.27. The first-order valence-electron chi connectivity index (χ1n) is 2.98. The molecule has 0 fully saturated rings. The van der Waals surface area contributed by atoms with Crippen LogP contribution in [0.2, 0.25) is 0 Å². The molecule has 0 radical (unpaired) electrons. The average Bonchev–Trinajstić information content (AvgIpc) is 2.13. The summed E-state index contributed by atoms with van der Waals surface area (Å²) in [6.45, 7) is 4.00. The molecule has 2 nitrogen and oxygen atoms in total. The molecule has 0 aliphatic heterocycles. The Hall–Kier alpha value is -0.440. The van der Waals surface area contributed by atoms with Crippen LogP contribution in [0.3, 0.4) is 0 Å². The second-order valence-electron chi connectivity index (χ2n) is 1.97. The zero-order chi connectivity index (χ0) is 6.85. The van der Waals surface area contributed by atoms with Crippen LogP contribution in [0.1, 0.15) is 18.4 Å². The molecule has 1 aromatic rings. The van der Waals surface area contributed by atoms with Crippen LogP contribution in [0.15, 0.2) is 5.03 Å². The monoisotopic (exact) mass is 142 g/mol. The Labute approximate surface area is 60.1 Å². The molecule has 0 bridgehead atoms.